The first-order chi connectivity index (χ1) is 9.25. The second-order valence-electron chi connectivity index (χ2n) is 7.62. The van der Waals surface area contributed by atoms with Gasteiger partial charge >= 0.3 is 0 Å². The van der Waals surface area contributed by atoms with E-state index < -0.39 is 11.2 Å². The van der Waals surface area contributed by atoms with Crippen LogP contribution in [0, 0.1) is 0 Å². The van der Waals surface area contributed by atoms with Crippen LogP contribution in [0.4, 0.5) is 0 Å². The quantitative estimate of drug-likeness (QED) is 0.879. The molecule has 2 fully saturated rings. The van der Waals surface area contributed by atoms with Crippen LogP contribution in [0.5, 0.6) is 0 Å². The molecule has 1 unspecified atom stereocenters. The standard InChI is InChI=1S/C18H26O2/c1-16(2)12-18(19,17(3,4)20-16)15-11-6-5-10-14(15)13-8-7-9-13/h5-6,10-11,13,19H,7-9,12H2,1-4H3. The Balaban J connectivity index is 2.08. The molecular weight excluding hydrogens is 248 g/mol. The third-order valence-electron chi connectivity index (χ3n) is 5.16. The van der Waals surface area contributed by atoms with Crippen molar-refractivity contribution in [2.24, 2.45) is 0 Å². The predicted octanol–water partition coefficient (Wildman–Crippen LogP) is 4.12. The van der Waals surface area contributed by atoms with E-state index in [4.69, 9.17) is 4.74 Å². The summed E-state index contributed by atoms with van der Waals surface area (Å²) in [5, 5.41) is 11.5. The van der Waals surface area contributed by atoms with Gasteiger partial charge in [0.25, 0.3) is 0 Å². The minimum absolute atomic E-state index is 0.287. The van der Waals surface area contributed by atoms with Crippen LogP contribution >= 0.6 is 0 Å². The maximum absolute atomic E-state index is 11.5. The smallest absolute Gasteiger partial charge is 0.121 e. The van der Waals surface area contributed by atoms with Crippen molar-refractivity contribution in [1.82, 2.24) is 0 Å². The fourth-order valence-electron chi connectivity index (χ4n) is 4.01. The monoisotopic (exact) mass is 274 g/mol. The molecule has 1 N–H and O–H groups in total. The number of hydrogen-bond acceptors (Lipinski definition) is 2. The van der Waals surface area contributed by atoms with Crippen molar-refractivity contribution in [2.75, 3.05) is 0 Å². The van der Waals surface area contributed by atoms with Crippen molar-refractivity contribution in [3.8, 4) is 0 Å². The molecule has 1 aliphatic heterocycles. The largest absolute Gasteiger partial charge is 0.382 e. The summed E-state index contributed by atoms with van der Waals surface area (Å²) in [5.74, 6) is 0.620. The molecule has 1 aromatic carbocycles. The van der Waals surface area contributed by atoms with Crippen molar-refractivity contribution in [3.05, 3.63) is 35.4 Å². The van der Waals surface area contributed by atoms with Crippen molar-refractivity contribution in [2.45, 2.75) is 76.1 Å². The molecule has 110 valence electrons. The molecule has 1 saturated heterocycles. The van der Waals surface area contributed by atoms with Gasteiger partial charge in [0.2, 0.25) is 0 Å². The van der Waals surface area contributed by atoms with E-state index in [1.807, 2.05) is 19.9 Å². The molecule has 2 nitrogen and oxygen atoms in total. The van der Waals surface area contributed by atoms with Crippen molar-refractivity contribution < 1.29 is 9.84 Å². The first-order valence-electron chi connectivity index (χ1n) is 7.77. The summed E-state index contributed by atoms with van der Waals surface area (Å²) in [6, 6.07) is 8.42. The Kier molecular flexibility index (Phi) is 3.04. The zero-order valence-electron chi connectivity index (χ0n) is 13.1. The van der Waals surface area contributed by atoms with E-state index in [1.54, 1.807) is 0 Å². The van der Waals surface area contributed by atoms with Gasteiger partial charge in [0.1, 0.15) is 5.60 Å². The lowest BCUT2D eigenvalue weighted by Crippen LogP contribution is -2.44. The summed E-state index contributed by atoms with van der Waals surface area (Å²) in [5.41, 5.74) is 0.667. The molecule has 0 bridgehead atoms. The molecule has 2 heteroatoms. The van der Waals surface area contributed by atoms with Crippen LogP contribution in [0.25, 0.3) is 0 Å². The molecule has 1 aliphatic carbocycles. The van der Waals surface area contributed by atoms with E-state index in [0.717, 1.165) is 5.56 Å². The molecule has 3 rings (SSSR count). The second kappa shape index (κ2) is 4.32. The molecule has 0 spiro atoms. The Morgan fingerprint density at radius 1 is 1.10 bits per heavy atom. The number of benzene rings is 1. The van der Waals surface area contributed by atoms with Gasteiger partial charge in [0.15, 0.2) is 0 Å². The highest BCUT2D eigenvalue weighted by atomic mass is 16.5. The molecule has 1 aromatic rings. The molecule has 0 amide bonds. The molecule has 2 aliphatic rings. The summed E-state index contributed by atoms with van der Waals surface area (Å²) in [6.45, 7) is 8.16. The number of rotatable bonds is 2. The lowest BCUT2D eigenvalue weighted by atomic mass is 9.70. The van der Waals surface area contributed by atoms with Crippen LogP contribution in [0.1, 0.15) is 70.4 Å². The molecule has 1 saturated carbocycles. The lowest BCUT2D eigenvalue weighted by molar-refractivity contribution is -0.130. The molecule has 1 atom stereocenters. The predicted molar refractivity (Wildman–Crippen MR) is 80.8 cm³/mol. The summed E-state index contributed by atoms with van der Waals surface area (Å²) in [4.78, 5) is 0. The molecule has 1 heterocycles. The van der Waals surface area contributed by atoms with E-state index in [9.17, 15) is 5.11 Å². The molecule has 0 radical (unpaired) electrons. The van der Waals surface area contributed by atoms with Gasteiger partial charge in [-0.1, -0.05) is 30.7 Å². The Labute approximate surface area is 122 Å². The highest BCUT2D eigenvalue weighted by molar-refractivity contribution is 5.39. The molecule has 0 aromatic heterocycles. The van der Waals surface area contributed by atoms with Crippen LogP contribution in [0.2, 0.25) is 0 Å². The Bertz CT molecular complexity index is 514. The third kappa shape index (κ3) is 2.01. The first-order valence-corrected chi connectivity index (χ1v) is 7.77. The van der Waals surface area contributed by atoms with Crippen LogP contribution < -0.4 is 0 Å². The Hall–Kier alpha value is -0.860. The maximum Gasteiger partial charge on any atom is 0.121 e. The van der Waals surface area contributed by atoms with Crippen molar-refractivity contribution >= 4 is 0 Å². The van der Waals surface area contributed by atoms with Crippen molar-refractivity contribution in [1.29, 1.82) is 0 Å². The summed E-state index contributed by atoms with van der Waals surface area (Å²) >= 11 is 0. The van der Waals surface area contributed by atoms with Crippen LogP contribution in [0.3, 0.4) is 0 Å². The zero-order valence-corrected chi connectivity index (χ0v) is 13.1. The van der Waals surface area contributed by atoms with Gasteiger partial charge in [-0.3, -0.25) is 0 Å². The minimum atomic E-state index is -0.900. The summed E-state index contributed by atoms with van der Waals surface area (Å²) in [6.07, 6.45) is 4.45. The van der Waals surface area contributed by atoms with Gasteiger partial charge in [-0.25, -0.2) is 0 Å². The fourth-order valence-corrected chi connectivity index (χ4v) is 4.01. The third-order valence-corrected chi connectivity index (χ3v) is 5.16. The van der Waals surface area contributed by atoms with E-state index in [0.29, 0.717) is 12.3 Å². The van der Waals surface area contributed by atoms with Crippen LogP contribution in [0.15, 0.2) is 24.3 Å². The number of hydrogen-bond donors (Lipinski definition) is 1. The van der Waals surface area contributed by atoms with Gasteiger partial charge in [-0.05, 0) is 57.6 Å². The second-order valence-corrected chi connectivity index (χ2v) is 7.62. The first kappa shape index (κ1) is 14.1. The summed E-state index contributed by atoms with van der Waals surface area (Å²) in [7, 11) is 0. The van der Waals surface area contributed by atoms with Gasteiger partial charge < -0.3 is 9.84 Å². The minimum Gasteiger partial charge on any atom is -0.382 e. The van der Waals surface area contributed by atoms with E-state index in [-0.39, 0.29) is 5.60 Å². The van der Waals surface area contributed by atoms with Crippen LogP contribution in [-0.2, 0) is 10.3 Å². The van der Waals surface area contributed by atoms with E-state index in [1.165, 1.54) is 24.8 Å². The van der Waals surface area contributed by atoms with E-state index in [2.05, 4.69) is 32.0 Å². The lowest BCUT2D eigenvalue weighted by Gasteiger charge is -2.39. The van der Waals surface area contributed by atoms with E-state index >= 15 is 0 Å². The summed E-state index contributed by atoms with van der Waals surface area (Å²) < 4.78 is 6.14. The van der Waals surface area contributed by atoms with Gasteiger partial charge in [-0.2, -0.15) is 0 Å². The average Bonchev–Trinajstić information content (AvgIpc) is 2.41. The Morgan fingerprint density at radius 2 is 1.75 bits per heavy atom. The van der Waals surface area contributed by atoms with Gasteiger partial charge in [0, 0.05) is 6.42 Å². The SMILES string of the molecule is CC1(C)CC(O)(c2ccccc2C2CCC2)C(C)(C)O1. The molecule has 20 heavy (non-hydrogen) atoms. The number of ether oxygens (including phenoxy) is 1. The normalized spacial score (nSPS) is 32.0. The highest BCUT2D eigenvalue weighted by Gasteiger charge is 2.58. The van der Waals surface area contributed by atoms with Gasteiger partial charge in [-0.15, -0.1) is 0 Å². The maximum atomic E-state index is 11.5. The van der Waals surface area contributed by atoms with Crippen molar-refractivity contribution in [3.63, 3.8) is 0 Å². The highest BCUT2D eigenvalue weighted by Crippen LogP contribution is 2.53. The topological polar surface area (TPSA) is 29.5 Å². The Morgan fingerprint density at radius 3 is 2.25 bits per heavy atom. The van der Waals surface area contributed by atoms with Crippen LogP contribution in [-0.4, -0.2) is 16.3 Å². The average molecular weight is 274 g/mol. The zero-order chi connectivity index (χ0) is 14.6. The molecular formula is C18H26O2. The van der Waals surface area contributed by atoms with Gasteiger partial charge in [0.05, 0.1) is 11.2 Å². The number of aliphatic hydroxyl groups is 1. The fraction of sp³-hybridized carbons (Fsp3) is 0.667.